The summed E-state index contributed by atoms with van der Waals surface area (Å²) >= 11 is 0. The molecule has 2 aromatic carbocycles. The van der Waals surface area contributed by atoms with Gasteiger partial charge < -0.3 is 19.3 Å². The van der Waals surface area contributed by atoms with Crippen molar-refractivity contribution in [3.8, 4) is 11.5 Å². The fourth-order valence-corrected chi connectivity index (χ4v) is 3.22. The van der Waals surface area contributed by atoms with Gasteiger partial charge in [0.2, 0.25) is 5.91 Å². The van der Waals surface area contributed by atoms with Crippen molar-refractivity contribution in [3.63, 3.8) is 0 Å². The van der Waals surface area contributed by atoms with Crippen LogP contribution >= 0.6 is 0 Å². The number of nitrogens with zero attached hydrogens (tertiary/aromatic N) is 2. The van der Waals surface area contributed by atoms with Gasteiger partial charge >= 0.3 is 0 Å². The molecule has 1 aliphatic heterocycles. The lowest BCUT2D eigenvalue weighted by Crippen LogP contribution is -2.39. The largest absolute Gasteiger partial charge is 0.493 e. The van der Waals surface area contributed by atoms with E-state index in [1.54, 1.807) is 4.90 Å². The van der Waals surface area contributed by atoms with Crippen molar-refractivity contribution in [2.75, 3.05) is 39.4 Å². The number of carbonyl (C=O) groups excluding carboxylic acids is 2. The van der Waals surface area contributed by atoms with Gasteiger partial charge in [-0.05, 0) is 37.6 Å². The number of rotatable bonds is 7. The zero-order chi connectivity index (χ0) is 20.5. The smallest absolute Gasteiger partial charge is 0.260 e. The first-order chi connectivity index (χ1) is 14.1. The standard InChI is InChI=1S/C23H28N2O4/c1-19-8-10-21(11-9-19)29-18-23(27)25-14-5-13-24(15-16-25)22(26)12-17-28-20-6-3-2-4-7-20/h2-4,6-11H,5,12-18H2,1H3. The second-order valence-electron chi connectivity index (χ2n) is 7.13. The van der Waals surface area contributed by atoms with Gasteiger partial charge in [0, 0.05) is 26.2 Å². The quantitative estimate of drug-likeness (QED) is 0.722. The molecule has 1 fully saturated rings. The lowest BCUT2D eigenvalue weighted by atomic mass is 10.2. The predicted octanol–water partition coefficient (Wildman–Crippen LogP) is 2.90. The van der Waals surface area contributed by atoms with Gasteiger partial charge in [0.15, 0.2) is 6.61 Å². The van der Waals surface area contributed by atoms with Crippen molar-refractivity contribution in [2.45, 2.75) is 19.8 Å². The molecule has 3 rings (SSSR count). The van der Waals surface area contributed by atoms with Gasteiger partial charge in [-0.3, -0.25) is 9.59 Å². The molecule has 2 aromatic rings. The number of carbonyl (C=O) groups is 2. The average Bonchev–Trinajstić information content (AvgIpc) is 3.00. The molecule has 0 saturated carbocycles. The first-order valence-corrected chi connectivity index (χ1v) is 10.0. The highest BCUT2D eigenvalue weighted by atomic mass is 16.5. The number of ether oxygens (including phenoxy) is 2. The normalized spacial score (nSPS) is 14.2. The van der Waals surface area contributed by atoms with Gasteiger partial charge in [-0.15, -0.1) is 0 Å². The highest BCUT2D eigenvalue weighted by Crippen LogP contribution is 2.13. The molecule has 29 heavy (non-hydrogen) atoms. The average molecular weight is 396 g/mol. The second-order valence-corrected chi connectivity index (χ2v) is 7.13. The van der Waals surface area contributed by atoms with Crippen molar-refractivity contribution in [2.24, 2.45) is 0 Å². The summed E-state index contributed by atoms with van der Waals surface area (Å²) in [6, 6.07) is 17.1. The molecule has 0 unspecified atom stereocenters. The third-order valence-corrected chi connectivity index (χ3v) is 4.91. The third-order valence-electron chi connectivity index (χ3n) is 4.91. The molecule has 1 aliphatic rings. The van der Waals surface area contributed by atoms with Crippen LogP contribution in [-0.4, -0.2) is 61.0 Å². The predicted molar refractivity (Wildman–Crippen MR) is 111 cm³/mol. The number of amides is 2. The number of aryl methyl sites for hydroxylation is 1. The molecule has 0 aromatic heterocycles. The number of para-hydroxylation sites is 1. The molecule has 0 bridgehead atoms. The van der Waals surface area contributed by atoms with Gasteiger partial charge in [-0.1, -0.05) is 35.9 Å². The Bertz CT molecular complexity index is 792. The summed E-state index contributed by atoms with van der Waals surface area (Å²) in [6.45, 7) is 4.75. The molecular weight excluding hydrogens is 368 g/mol. The van der Waals surface area contributed by atoms with E-state index in [0.29, 0.717) is 45.0 Å². The Morgan fingerprint density at radius 1 is 0.793 bits per heavy atom. The molecule has 0 radical (unpaired) electrons. The van der Waals surface area contributed by atoms with Crippen LogP contribution in [-0.2, 0) is 9.59 Å². The van der Waals surface area contributed by atoms with E-state index in [1.807, 2.05) is 66.4 Å². The second kappa shape index (κ2) is 10.5. The molecule has 154 valence electrons. The highest BCUT2D eigenvalue weighted by Gasteiger charge is 2.22. The van der Waals surface area contributed by atoms with Crippen LogP contribution in [0.4, 0.5) is 0 Å². The molecule has 6 nitrogen and oxygen atoms in total. The fraction of sp³-hybridized carbons (Fsp3) is 0.391. The van der Waals surface area contributed by atoms with E-state index < -0.39 is 0 Å². The molecule has 0 N–H and O–H groups in total. The number of hydrogen-bond acceptors (Lipinski definition) is 4. The Kier molecular flexibility index (Phi) is 7.50. The maximum atomic E-state index is 12.5. The Hall–Kier alpha value is -3.02. The summed E-state index contributed by atoms with van der Waals surface area (Å²) in [5.74, 6) is 1.47. The summed E-state index contributed by atoms with van der Waals surface area (Å²) in [5.41, 5.74) is 1.15. The van der Waals surface area contributed by atoms with Crippen LogP contribution in [0, 0.1) is 6.92 Å². The lowest BCUT2D eigenvalue weighted by Gasteiger charge is -2.22. The number of benzene rings is 2. The van der Waals surface area contributed by atoms with Crippen LogP contribution in [0.2, 0.25) is 0 Å². The molecule has 2 amide bonds. The zero-order valence-electron chi connectivity index (χ0n) is 16.9. The summed E-state index contributed by atoms with van der Waals surface area (Å²) in [6.07, 6.45) is 1.10. The lowest BCUT2D eigenvalue weighted by molar-refractivity contribution is -0.135. The molecule has 6 heteroatoms. The van der Waals surface area contributed by atoms with Crippen LogP contribution in [0.25, 0.3) is 0 Å². The van der Waals surface area contributed by atoms with E-state index in [-0.39, 0.29) is 18.4 Å². The van der Waals surface area contributed by atoms with E-state index in [0.717, 1.165) is 17.7 Å². The van der Waals surface area contributed by atoms with Crippen molar-refractivity contribution >= 4 is 11.8 Å². The minimum absolute atomic E-state index is 0.0158. The van der Waals surface area contributed by atoms with E-state index in [9.17, 15) is 9.59 Å². The number of hydrogen-bond donors (Lipinski definition) is 0. The molecule has 1 saturated heterocycles. The van der Waals surface area contributed by atoms with Crippen LogP contribution in [0.5, 0.6) is 11.5 Å². The van der Waals surface area contributed by atoms with Gasteiger partial charge in [-0.2, -0.15) is 0 Å². The van der Waals surface area contributed by atoms with Gasteiger partial charge in [0.05, 0.1) is 13.0 Å². The highest BCUT2D eigenvalue weighted by molar-refractivity contribution is 5.78. The monoisotopic (exact) mass is 396 g/mol. The minimum Gasteiger partial charge on any atom is -0.493 e. The van der Waals surface area contributed by atoms with E-state index in [2.05, 4.69) is 0 Å². The van der Waals surface area contributed by atoms with Crippen molar-refractivity contribution in [1.29, 1.82) is 0 Å². The van der Waals surface area contributed by atoms with E-state index in [4.69, 9.17) is 9.47 Å². The first kappa shape index (κ1) is 20.7. The van der Waals surface area contributed by atoms with Crippen LogP contribution in [0.15, 0.2) is 54.6 Å². The van der Waals surface area contributed by atoms with Crippen molar-refractivity contribution < 1.29 is 19.1 Å². The molecule has 0 spiro atoms. The summed E-state index contributed by atoms with van der Waals surface area (Å²) in [5, 5.41) is 0. The van der Waals surface area contributed by atoms with E-state index in [1.165, 1.54) is 0 Å². The van der Waals surface area contributed by atoms with Gasteiger partial charge in [0.25, 0.3) is 5.91 Å². The Morgan fingerprint density at radius 2 is 1.41 bits per heavy atom. The maximum absolute atomic E-state index is 12.5. The maximum Gasteiger partial charge on any atom is 0.260 e. The summed E-state index contributed by atoms with van der Waals surface area (Å²) in [4.78, 5) is 28.5. The fourth-order valence-electron chi connectivity index (χ4n) is 3.22. The minimum atomic E-state index is -0.0488. The van der Waals surface area contributed by atoms with Crippen LogP contribution in [0.3, 0.4) is 0 Å². The Morgan fingerprint density at radius 3 is 2.10 bits per heavy atom. The topological polar surface area (TPSA) is 59.1 Å². The van der Waals surface area contributed by atoms with Gasteiger partial charge in [-0.25, -0.2) is 0 Å². The molecule has 1 heterocycles. The first-order valence-electron chi connectivity index (χ1n) is 10.0. The Balaban J connectivity index is 1.40. The van der Waals surface area contributed by atoms with Crippen LogP contribution in [0.1, 0.15) is 18.4 Å². The summed E-state index contributed by atoms with van der Waals surface area (Å²) < 4.78 is 11.2. The molecule has 0 aliphatic carbocycles. The third kappa shape index (κ3) is 6.52. The van der Waals surface area contributed by atoms with Gasteiger partial charge in [0.1, 0.15) is 11.5 Å². The van der Waals surface area contributed by atoms with E-state index >= 15 is 0 Å². The molecular formula is C23H28N2O4. The van der Waals surface area contributed by atoms with Crippen LogP contribution < -0.4 is 9.47 Å². The summed E-state index contributed by atoms with van der Waals surface area (Å²) in [7, 11) is 0. The van der Waals surface area contributed by atoms with Crippen molar-refractivity contribution in [1.82, 2.24) is 9.80 Å². The van der Waals surface area contributed by atoms with Crippen molar-refractivity contribution in [3.05, 3.63) is 60.2 Å². The SMILES string of the molecule is Cc1ccc(OCC(=O)N2CCCN(C(=O)CCOc3ccccc3)CC2)cc1. The molecule has 0 atom stereocenters. The zero-order valence-corrected chi connectivity index (χ0v) is 16.9. The Labute approximate surface area is 172 Å².